The van der Waals surface area contributed by atoms with Crippen molar-refractivity contribution >= 4 is 23.6 Å². The van der Waals surface area contributed by atoms with Crippen LogP contribution in [0.2, 0.25) is 0 Å². The van der Waals surface area contributed by atoms with E-state index in [1.54, 1.807) is 0 Å². The van der Waals surface area contributed by atoms with E-state index in [4.69, 9.17) is 0 Å². The maximum absolute atomic E-state index is 12.9. The molecule has 2 heterocycles. The van der Waals surface area contributed by atoms with Crippen molar-refractivity contribution in [1.82, 2.24) is 9.80 Å². The zero-order valence-electron chi connectivity index (χ0n) is 15.3. The van der Waals surface area contributed by atoms with Crippen molar-refractivity contribution < 1.29 is 9.59 Å². The number of amides is 2. The van der Waals surface area contributed by atoms with Gasteiger partial charge in [0, 0.05) is 42.6 Å². The van der Waals surface area contributed by atoms with E-state index in [0.29, 0.717) is 17.7 Å². The van der Waals surface area contributed by atoms with E-state index in [2.05, 4.69) is 18.7 Å². The van der Waals surface area contributed by atoms with Crippen molar-refractivity contribution in [2.75, 3.05) is 31.9 Å². The lowest BCUT2D eigenvalue weighted by Gasteiger charge is -2.40. The van der Waals surface area contributed by atoms with Crippen LogP contribution in [0, 0.1) is 17.3 Å². The fraction of sp³-hybridized carbons (Fsp3) is 0.889. The van der Waals surface area contributed by atoms with Crippen LogP contribution in [-0.2, 0) is 9.59 Å². The van der Waals surface area contributed by atoms with Gasteiger partial charge in [-0.15, -0.1) is 0 Å². The maximum atomic E-state index is 12.9. The van der Waals surface area contributed by atoms with Gasteiger partial charge in [-0.25, -0.2) is 0 Å². The Morgan fingerprint density at radius 3 is 2.39 bits per heavy atom. The number of piperidine rings is 1. The highest BCUT2D eigenvalue weighted by Crippen LogP contribution is 2.28. The summed E-state index contributed by atoms with van der Waals surface area (Å²) in [6.07, 6.45) is 1.86. The average molecular weight is 341 g/mol. The van der Waals surface area contributed by atoms with Crippen LogP contribution in [0.25, 0.3) is 0 Å². The summed E-state index contributed by atoms with van der Waals surface area (Å²) in [7, 11) is 0. The number of carbonyl (C=O) groups excluding carboxylic acids is 2. The van der Waals surface area contributed by atoms with Crippen molar-refractivity contribution in [3.8, 4) is 0 Å². The van der Waals surface area contributed by atoms with Gasteiger partial charge in [-0.3, -0.25) is 9.59 Å². The fourth-order valence-electron chi connectivity index (χ4n) is 3.37. The third-order valence-electron chi connectivity index (χ3n) is 4.85. The molecule has 0 bridgehead atoms. The maximum Gasteiger partial charge on any atom is 0.227 e. The van der Waals surface area contributed by atoms with Crippen LogP contribution in [0.1, 0.15) is 47.5 Å². The second-order valence-electron chi connectivity index (χ2n) is 8.28. The Kier molecular flexibility index (Phi) is 6.04. The van der Waals surface area contributed by atoms with Gasteiger partial charge in [0.2, 0.25) is 11.8 Å². The molecule has 0 N–H and O–H groups in total. The molecule has 0 aromatic rings. The van der Waals surface area contributed by atoms with Crippen molar-refractivity contribution in [3.05, 3.63) is 0 Å². The molecule has 2 aliphatic heterocycles. The van der Waals surface area contributed by atoms with E-state index < -0.39 is 0 Å². The number of likely N-dealkylation sites (tertiary alicyclic amines) is 1. The average Bonchev–Trinajstić information content (AvgIpc) is 2.52. The summed E-state index contributed by atoms with van der Waals surface area (Å²) in [5, 5.41) is 0.545. The largest absolute Gasteiger partial charge is 0.341 e. The summed E-state index contributed by atoms with van der Waals surface area (Å²) < 4.78 is 0. The van der Waals surface area contributed by atoms with Crippen LogP contribution in [0.5, 0.6) is 0 Å². The summed E-state index contributed by atoms with van der Waals surface area (Å²) >= 11 is 1.99. The lowest BCUT2D eigenvalue weighted by molar-refractivity contribution is -0.145. The molecule has 0 aliphatic carbocycles. The number of carbonyl (C=O) groups is 2. The molecule has 5 heteroatoms. The van der Waals surface area contributed by atoms with E-state index >= 15 is 0 Å². The van der Waals surface area contributed by atoms with Crippen molar-refractivity contribution in [2.24, 2.45) is 17.3 Å². The van der Waals surface area contributed by atoms with Gasteiger partial charge in [0.25, 0.3) is 0 Å². The molecule has 0 aromatic carbocycles. The predicted molar refractivity (Wildman–Crippen MR) is 96.4 cm³/mol. The first-order valence-electron chi connectivity index (χ1n) is 8.90. The van der Waals surface area contributed by atoms with Gasteiger partial charge in [-0.2, -0.15) is 11.8 Å². The van der Waals surface area contributed by atoms with Gasteiger partial charge in [0.05, 0.1) is 5.92 Å². The second kappa shape index (κ2) is 7.45. The summed E-state index contributed by atoms with van der Waals surface area (Å²) in [5.41, 5.74) is -0.366. The molecule has 0 radical (unpaired) electrons. The minimum atomic E-state index is -0.366. The molecule has 0 aromatic heterocycles. The van der Waals surface area contributed by atoms with Crippen LogP contribution in [0.3, 0.4) is 0 Å². The van der Waals surface area contributed by atoms with Crippen LogP contribution in [0.15, 0.2) is 0 Å². The van der Waals surface area contributed by atoms with E-state index in [1.165, 1.54) is 0 Å². The molecule has 132 valence electrons. The summed E-state index contributed by atoms with van der Waals surface area (Å²) in [4.78, 5) is 29.4. The smallest absolute Gasteiger partial charge is 0.227 e. The van der Waals surface area contributed by atoms with Crippen LogP contribution >= 0.6 is 11.8 Å². The normalized spacial score (nSPS) is 26.5. The number of hydrogen-bond acceptors (Lipinski definition) is 3. The minimum Gasteiger partial charge on any atom is -0.341 e. The number of nitrogens with zero attached hydrogens (tertiary/aromatic N) is 2. The lowest BCUT2D eigenvalue weighted by atomic mass is 9.90. The molecule has 0 saturated carbocycles. The fourth-order valence-corrected chi connectivity index (χ4v) is 4.67. The van der Waals surface area contributed by atoms with Gasteiger partial charge in [0.1, 0.15) is 0 Å². The Hall–Kier alpha value is -0.710. The topological polar surface area (TPSA) is 40.6 Å². The molecule has 23 heavy (non-hydrogen) atoms. The second-order valence-corrected chi connectivity index (χ2v) is 9.62. The van der Waals surface area contributed by atoms with E-state index in [0.717, 1.165) is 38.2 Å². The molecule has 2 amide bonds. The van der Waals surface area contributed by atoms with Gasteiger partial charge < -0.3 is 9.80 Å². The Labute approximate surface area is 145 Å². The molecule has 2 fully saturated rings. The monoisotopic (exact) mass is 340 g/mol. The third kappa shape index (κ3) is 4.65. The number of hydrogen-bond donors (Lipinski definition) is 0. The van der Waals surface area contributed by atoms with Crippen LogP contribution < -0.4 is 0 Å². The first-order chi connectivity index (χ1) is 10.7. The molecule has 2 rings (SSSR count). The Morgan fingerprint density at radius 2 is 1.78 bits per heavy atom. The SMILES string of the molecule is CC(C)[C@@H]1CN(C(=O)[C@H]2CCCN(C(=O)C(C)(C)C)C2)CCS1. The zero-order valence-corrected chi connectivity index (χ0v) is 16.1. The molecule has 2 saturated heterocycles. The van der Waals surface area contributed by atoms with Crippen molar-refractivity contribution in [2.45, 2.75) is 52.7 Å². The highest BCUT2D eigenvalue weighted by molar-refractivity contribution is 8.00. The van der Waals surface area contributed by atoms with Gasteiger partial charge in [-0.1, -0.05) is 34.6 Å². The van der Waals surface area contributed by atoms with Gasteiger partial charge in [-0.05, 0) is 18.8 Å². The van der Waals surface area contributed by atoms with Gasteiger partial charge >= 0.3 is 0 Å². The first kappa shape index (κ1) is 18.6. The van der Waals surface area contributed by atoms with E-state index in [-0.39, 0.29) is 23.1 Å². The van der Waals surface area contributed by atoms with Crippen molar-refractivity contribution in [3.63, 3.8) is 0 Å². The third-order valence-corrected chi connectivity index (χ3v) is 6.39. The summed E-state index contributed by atoms with van der Waals surface area (Å²) in [6, 6.07) is 0. The molecular weight excluding hydrogens is 308 g/mol. The quantitative estimate of drug-likeness (QED) is 0.776. The number of rotatable bonds is 2. The summed E-state index contributed by atoms with van der Waals surface area (Å²) in [6.45, 7) is 13.4. The molecule has 2 aliphatic rings. The number of thioether (sulfide) groups is 1. The Bertz CT molecular complexity index is 445. The van der Waals surface area contributed by atoms with E-state index in [1.807, 2.05) is 37.4 Å². The highest BCUT2D eigenvalue weighted by atomic mass is 32.2. The zero-order chi connectivity index (χ0) is 17.2. The standard InChI is InChI=1S/C18H32N2O2S/c1-13(2)15-12-19(9-10-23-15)16(21)14-7-6-8-20(11-14)17(22)18(3,4)5/h13-15H,6-12H2,1-5H3/t14-,15-/m0/s1. The molecular formula is C18H32N2O2S. The summed E-state index contributed by atoms with van der Waals surface area (Å²) in [5.74, 6) is 2.06. The highest BCUT2D eigenvalue weighted by Gasteiger charge is 2.36. The molecule has 4 nitrogen and oxygen atoms in total. The van der Waals surface area contributed by atoms with E-state index in [9.17, 15) is 9.59 Å². The van der Waals surface area contributed by atoms with Crippen LogP contribution in [-0.4, -0.2) is 58.8 Å². The van der Waals surface area contributed by atoms with Crippen molar-refractivity contribution in [1.29, 1.82) is 0 Å². The molecule has 0 spiro atoms. The van der Waals surface area contributed by atoms with Crippen LogP contribution in [0.4, 0.5) is 0 Å². The lowest BCUT2D eigenvalue weighted by Crippen LogP contribution is -2.52. The molecule has 0 unspecified atom stereocenters. The molecule has 2 atom stereocenters. The first-order valence-corrected chi connectivity index (χ1v) is 9.94. The van der Waals surface area contributed by atoms with Gasteiger partial charge in [0.15, 0.2) is 0 Å². The minimum absolute atomic E-state index is 0.00837. The Balaban J connectivity index is 1.98. The predicted octanol–water partition coefficient (Wildman–Crippen LogP) is 2.87. The Morgan fingerprint density at radius 1 is 1.09 bits per heavy atom.